The zero-order chi connectivity index (χ0) is 15.0. The van der Waals surface area contributed by atoms with Crippen LogP contribution in [-0.4, -0.2) is 21.7 Å². The van der Waals surface area contributed by atoms with E-state index in [1.54, 1.807) is 4.68 Å². The molecular weight excluding hydrogens is 264 g/mol. The fourth-order valence-corrected chi connectivity index (χ4v) is 3.00. The number of aromatic nitrogens is 2. The Balaban J connectivity index is 1.85. The number of rotatable bonds is 3. The molecule has 21 heavy (non-hydrogen) atoms. The van der Waals surface area contributed by atoms with Gasteiger partial charge in [-0.05, 0) is 37.5 Å². The summed E-state index contributed by atoms with van der Waals surface area (Å²) in [6.07, 6.45) is 0.799. The fraction of sp³-hybridized carbons (Fsp3) is 0.375. The third kappa shape index (κ3) is 2.45. The van der Waals surface area contributed by atoms with Crippen LogP contribution in [0, 0.1) is 6.92 Å². The number of benzene rings is 1. The lowest BCUT2D eigenvalue weighted by atomic mass is 10.1. The highest BCUT2D eigenvalue weighted by atomic mass is 16.2. The molecule has 1 heterocycles. The first-order valence-corrected chi connectivity index (χ1v) is 7.29. The SMILES string of the molecule is CCn1nc(C)cc1C(=O)NC1c2ccccc2CC1N. The molecule has 0 fully saturated rings. The molecule has 1 amide bonds. The Morgan fingerprint density at radius 1 is 1.48 bits per heavy atom. The van der Waals surface area contributed by atoms with E-state index in [4.69, 9.17) is 5.73 Å². The van der Waals surface area contributed by atoms with E-state index in [1.807, 2.05) is 38.1 Å². The molecule has 3 rings (SSSR count). The van der Waals surface area contributed by atoms with Gasteiger partial charge in [0.1, 0.15) is 5.69 Å². The molecule has 0 radical (unpaired) electrons. The summed E-state index contributed by atoms with van der Waals surface area (Å²) in [5.74, 6) is -0.116. The van der Waals surface area contributed by atoms with E-state index in [-0.39, 0.29) is 18.0 Å². The van der Waals surface area contributed by atoms with Gasteiger partial charge in [-0.25, -0.2) is 0 Å². The maximum atomic E-state index is 12.5. The minimum atomic E-state index is -0.130. The topological polar surface area (TPSA) is 72.9 Å². The van der Waals surface area contributed by atoms with E-state index in [9.17, 15) is 4.79 Å². The maximum absolute atomic E-state index is 12.5. The first-order chi connectivity index (χ1) is 10.1. The molecule has 5 nitrogen and oxygen atoms in total. The predicted molar refractivity (Wildman–Crippen MR) is 81.0 cm³/mol. The van der Waals surface area contributed by atoms with Crippen molar-refractivity contribution in [1.82, 2.24) is 15.1 Å². The van der Waals surface area contributed by atoms with Crippen LogP contribution < -0.4 is 11.1 Å². The summed E-state index contributed by atoms with van der Waals surface area (Å²) in [6, 6.07) is 9.70. The highest BCUT2D eigenvalue weighted by Gasteiger charge is 2.31. The first-order valence-electron chi connectivity index (χ1n) is 7.29. The van der Waals surface area contributed by atoms with Crippen LogP contribution in [0.3, 0.4) is 0 Å². The molecule has 0 aliphatic heterocycles. The van der Waals surface area contributed by atoms with Crippen molar-refractivity contribution >= 4 is 5.91 Å². The number of hydrogen-bond donors (Lipinski definition) is 2. The van der Waals surface area contributed by atoms with Gasteiger partial charge in [-0.2, -0.15) is 5.10 Å². The summed E-state index contributed by atoms with van der Waals surface area (Å²) in [6.45, 7) is 4.53. The number of fused-ring (bicyclic) bond motifs is 1. The summed E-state index contributed by atoms with van der Waals surface area (Å²) < 4.78 is 1.72. The van der Waals surface area contributed by atoms with Crippen LogP contribution in [0.2, 0.25) is 0 Å². The molecule has 0 spiro atoms. The van der Waals surface area contributed by atoms with E-state index >= 15 is 0 Å². The van der Waals surface area contributed by atoms with Gasteiger partial charge in [-0.3, -0.25) is 9.48 Å². The van der Waals surface area contributed by atoms with E-state index in [0.717, 1.165) is 17.7 Å². The minimum absolute atomic E-state index is 0.0783. The molecule has 0 saturated heterocycles. The van der Waals surface area contributed by atoms with Crippen molar-refractivity contribution in [3.05, 3.63) is 52.8 Å². The van der Waals surface area contributed by atoms with Gasteiger partial charge in [0, 0.05) is 12.6 Å². The van der Waals surface area contributed by atoms with Gasteiger partial charge in [-0.1, -0.05) is 24.3 Å². The third-order valence-electron chi connectivity index (χ3n) is 3.99. The normalized spacial score (nSPS) is 20.3. The Morgan fingerprint density at radius 3 is 3.00 bits per heavy atom. The molecule has 0 bridgehead atoms. The van der Waals surface area contributed by atoms with Crippen molar-refractivity contribution < 1.29 is 4.79 Å². The molecule has 1 aliphatic rings. The smallest absolute Gasteiger partial charge is 0.270 e. The summed E-state index contributed by atoms with van der Waals surface area (Å²) in [5.41, 5.74) is 9.97. The van der Waals surface area contributed by atoms with Crippen LogP contribution in [0.25, 0.3) is 0 Å². The van der Waals surface area contributed by atoms with E-state index < -0.39 is 0 Å². The molecule has 3 N–H and O–H groups in total. The van der Waals surface area contributed by atoms with Gasteiger partial charge in [0.25, 0.3) is 5.91 Å². The Kier molecular flexibility index (Phi) is 3.51. The van der Waals surface area contributed by atoms with Gasteiger partial charge in [0.2, 0.25) is 0 Å². The first kappa shape index (κ1) is 13.8. The Bertz CT molecular complexity index is 677. The van der Waals surface area contributed by atoms with E-state index in [0.29, 0.717) is 12.2 Å². The molecule has 2 atom stereocenters. The van der Waals surface area contributed by atoms with Crippen molar-refractivity contribution in [1.29, 1.82) is 0 Å². The molecule has 0 saturated carbocycles. The number of amides is 1. The molecular formula is C16H20N4O. The molecule has 1 aromatic carbocycles. The monoisotopic (exact) mass is 284 g/mol. The van der Waals surface area contributed by atoms with E-state index in [1.165, 1.54) is 5.56 Å². The van der Waals surface area contributed by atoms with Gasteiger partial charge in [-0.15, -0.1) is 0 Å². The lowest BCUT2D eigenvalue weighted by Gasteiger charge is -2.18. The second-order valence-corrected chi connectivity index (χ2v) is 5.50. The van der Waals surface area contributed by atoms with Crippen molar-refractivity contribution in [2.24, 2.45) is 5.73 Å². The quantitative estimate of drug-likeness (QED) is 0.898. The second kappa shape index (κ2) is 5.33. The summed E-state index contributed by atoms with van der Waals surface area (Å²) in [7, 11) is 0. The predicted octanol–water partition coefficient (Wildman–Crippen LogP) is 1.57. The van der Waals surface area contributed by atoms with Gasteiger partial charge < -0.3 is 11.1 Å². The highest BCUT2D eigenvalue weighted by Crippen LogP contribution is 2.30. The molecule has 5 heteroatoms. The molecule has 1 aromatic heterocycles. The molecule has 1 aliphatic carbocycles. The number of nitrogens with one attached hydrogen (secondary N) is 1. The van der Waals surface area contributed by atoms with Crippen LogP contribution >= 0.6 is 0 Å². The van der Waals surface area contributed by atoms with Crippen molar-refractivity contribution in [2.45, 2.75) is 38.9 Å². The lowest BCUT2D eigenvalue weighted by molar-refractivity contribution is 0.0922. The summed E-state index contributed by atoms with van der Waals surface area (Å²) >= 11 is 0. The van der Waals surface area contributed by atoms with Crippen LogP contribution in [0.15, 0.2) is 30.3 Å². The Morgan fingerprint density at radius 2 is 2.24 bits per heavy atom. The third-order valence-corrected chi connectivity index (χ3v) is 3.99. The van der Waals surface area contributed by atoms with Crippen LogP contribution in [0.1, 0.15) is 40.3 Å². The van der Waals surface area contributed by atoms with Crippen molar-refractivity contribution in [2.75, 3.05) is 0 Å². The van der Waals surface area contributed by atoms with Gasteiger partial charge in [0.05, 0.1) is 11.7 Å². The molecule has 2 unspecified atom stereocenters. The number of nitrogens with zero attached hydrogens (tertiary/aromatic N) is 2. The largest absolute Gasteiger partial charge is 0.342 e. The number of aryl methyl sites for hydroxylation is 2. The zero-order valence-corrected chi connectivity index (χ0v) is 12.3. The standard InChI is InChI=1S/C16H20N4O/c1-3-20-14(8-10(2)19-20)16(21)18-15-12-7-5-4-6-11(12)9-13(15)17/h4-8,13,15H,3,9,17H2,1-2H3,(H,18,21). The molecule has 2 aromatic rings. The maximum Gasteiger partial charge on any atom is 0.270 e. The lowest BCUT2D eigenvalue weighted by Crippen LogP contribution is -2.39. The number of carbonyl (C=O) groups excluding carboxylic acids is 1. The highest BCUT2D eigenvalue weighted by molar-refractivity contribution is 5.93. The van der Waals surface area contributed by atoms with Gasteiger partial charge >= 0.3 is 0 Å². The van der Waals surface area contributed by atoms with Crippen molar-refractivity contribution in [3.8, 4) is 0 Å². The van der Waals surface area contributed by atoms with Crippen LogP contribution in [0.4, 0.5) is 0 Å². The Labute approximate surface area is 124 Å². The Hall–Kier alpha value is -2.14. The fourth-order valence-electron chi connectivity index (χ4n) is 3.00. The summed E-state index contributed by atoms with van der Waals surface area (Å²) in [5, 5.41) is 7.38. The number of hydrogen-bond acceptors (Lipinski definition) is 3. The van der Waals surface area contributed by atoms with Gasteiger partial charge in [0.15, 0.2) is 0 Å². The average molecular weight is 284 g/mol. The number of nitrogens with two attached hydrogens (primary N) is 1. The molecule has 110 valence electrons. The van der Waals surface area contributed by atoms with Crippen molar-refractivity contribution in [3.63, 3.8) is 0 Å². The van der Waals surface area contributed by atoms with Crippen LogP contribution in [-0.2, 0) is 13.0 Å². The minimum Gasteiger partial charge on any atom is -0.342 e. The second-order valence-electron chi connectivity index (χ2n) is 5.50. The zero-order valence-electron chi connectivity index (χ0n) is 12.3. The summed E-state index contributed by atoms with van der Waals surface area (Å²) in [4.78, 5) is 12.5. The van der Waals surface area contributed by atoms with E-state index in [2.05, 4.69) is 16.5 Å². The van der Waals surface area contributed by atoms with Crippen LogP contribution in [0.5, 0.6) is 0 Å². The number of carbonyl (C=O) groups is 1. The average Bonchev–Trinajstić information content (AvgIpc) is 3.00.